The molecule has 2 rings (SSSR count). The van der Waals surface area contributed by atoms with E-state index < -0.39 is 12.7 Å². The van der Waals surface area contributed by atoms with E-state index in [9.17, 15) is 13.2 Å². The number of aryl methyl sites for hydroxylation is 1. The maximum atomic E-state index is 12.6. The van der Waals surface area contributed by atoms with E-state index in [1.54, 1.807) is 6.07 Å². The van der Waals surface area contributed by atoms with Gasteiger partial charge in [-0.05, 0) is 35.2 Å². The van der Waals surface area contributed by atoms with Gasteiger partial charge in [0, 0.05) is 18.5 Å². The molecule has 0 amide bonds. The third-order valence-electron chi connectivity index (χ3n) is 2.83. The van der Waals surface area contributed by atoms with Crippen molar-refractivity contribution < 1.29 is 13.2 Å². The van der Waals surface area contributed by atoms with Crippen molar-refractivity contribution in [2.75, 3.05) is 11.4 Å². The minimum Gasteiger partial charge on any atom is -0.344 e. The van der Waals surface area contributed by atoms with Crippen LogP contribution < -0.4 is 4.90 Å². The molecule has 1 aromatic rings. The average molecular weight is 338 g/mol. The second-order valence-corrected chi connectivity index (χ2v) is 5.50. The molecule has 1 fully saturated rings. The highest BCUT2D eigenvalue weighted by Gasteiger charge is 2.39. The van der Waals surface area contributed by atoms with Crippen LogP contribution in [0.4, 0.5) is 19.0 Å². The van der Waals surface area contributed by atoms with Gasteiger partial charge in [-0.25, -0.2) is 9.97 Å². The van der Waals surface area contributed by atoms with Crippen LogP contribution in [-0.4, -0.2) is 28.7 Å². The molecule has 0 saturated heterocycles. The van der Waals surface area contributed by atoms with Crippen LogP contribution >= 0.6 is 15.9 Å². The third-order valence-corrected chi connectivity index (χ3v) is 3.24. The molecule has 3 nitrogen and oxygen atoms in total. The summed E-state index contributed by atoms with van der Waals surface area (Å²) in [6.45, 7) is 1.03. The molecule has 0 atom stereocenters. The molecule has 1 aromatic heterocycles. The summed E-state index contributed by atoms with van der Waals surface area (Å²) in [5.74, 6) is 0.949. The van der Waals surface area contributed by atoms with Gasteiger partial charge in [0.05, 0.1) is 0 Å². The topological polar surface area (TPSA) is 29.0 Å². The lowest BCUT2D eigenvalue weighted by atomic mass is 10.3. The molecule has 19 heavy (non-hydrogen) atoms. The molecule has 0 radical (unpaired) electrons. The monoisotopic (exact) mass is 337 g/mol. The van der Waals surface area contributed by atoms with Crippen molar-refractivity contribution in [1.82, 2.24) is 9.97 Å². The summed E-state index contributed by atoms with van der Waals surface area (Å²) in [6.07, 6.45) is -1.11. The fourth-order valence-corrected chi connectivity index (χ4v) is 2.32. The average Bonchev–Trinajstić information content (AvgIpc) is 3.08. The fourth-order valence-electron chi connectivity index (χ4n) is 1.91. The minimum atomic E-state index is -4.22. The predicted molar refractivity (Wildman–Crippen MR) is 70.2 cm³/mol. The first kappa shape index (κ1) is 14.6. The largest absolute Gasteiger partial charge is 0.405 e. The Kier molecular flexibility index (Phi) is 4.32. The van der Waals surface area contributed by atoms with Crippen LogP contribution in [-0.2, 0) is 6.42 Å². The van der Waals surface area contributed by atoms with E-state index in [0.717, 1.165) is 19.3 Å². The Labute approximate surface area is 118 Å². The Morgan fingerprint density at radius 1 is 1.37 bits per heavy atom. The van der Waals surface area contributed by atoms with Crippen molar-refractivity contribution in [2.45, 2.75) is 44.8 Å². The van der Waals surface area contributed by atoms with Crippen molar-refractivity contribution in [1.29, 1.82) is 0 Å². The Balaban J connectivity index is 2.25. The number of hydrogen-bond acceptors (Lipinski definition) is 3. The highest BCUT2D eigenvalue weighted by molar-refractivity contribution is 9.10. The zero-order chi connectivity index (χ0) is 14.0. The van der Waals surface area contributed by atoms with Crippen molar-refractivity contribution in [3.63, 3.8) is 0 Å². The van der Waals surface area contributed by atoms with E-state index in [0.29, 0.717) is 22.7 Å². The van der Waals surface area contributed by atoms with Crippen LogP contribution in [0.5, 0.6) is 0 Å². The second-order valence-electron chi connectivity index (χ2n) is 4.69. The van der Waals surface area contributed by atoms with Crippen LogP contribution in [0.2, 0.25) is 0 Å². The van der Waals surface area contributed by atoms with E-state index in [-0.39, 0.29) is 6.04 Å². The zero-order valence-electron chi connectivity index (χ0n) is 10.5. The number of hydrogen-bond donors (Lipinski definition) is 0. The van der Waals surface area contributed by atoms with Gasteiger partial charge < -0.3 is 4.90 Å². The molecule has 1 aliphatic rings. The standard InChI is InChI=1S/C12H15BrF3N3/c1-2-3-10-17-9(13)6-11(18-10)19(8-4-5-8)7-12(14,15)16/h6,8H,2-5,7H2,1H3. The molecular formula is C12H15BrF3N3. The number of halogens is 4. The van der Waals surface area contributed by atoms with Crippen molar-refractivity contribution in [3.05, 3.63) is 16.5 Å². The normalized spacial score (nSPS) is 15.6. The van der Waals surface area contributed by atoms with E-state index >= 15 is 0 Å². The number of nitrogens with zero attached hydrogens (tertiary/aromatic N) is 3. The summed E-state index contributed by atoms with van der Waals surface area (Å²) in [6, 6.07) is 1.52. The molecular weight excluding hydrogens is 323 g/mol. The van der Waals surface area contributed by atoms with Gasteiger partial charge in [0.25, 0.3) is 0 Å². The van der Waals surface area contributed by atoms with E-state index in [2.05, 4.69) is 25.9 Å². The van der Waals surface area contributed by atoms with E-state index in [4.69, 9.17) is 0 Å². The molecule has 0 bridgehead atoms. The van der Waals surface area contributed by atoms with Crippen molar-refractivity contribution in [2.24, 2.45) is 0 Å². The Hall–Kier alpha value is -0.850. The summed E-state index contributed by atoms with van der Waals surface area (Å²) in [5, 5.41) is 0. The van der Waals surface area contributed by atoms with Crippen LogP contribution in [0.15, 0.2) is 10.7 Å². The Bertz CT molecular complexity index is 446. The number of anilines is 1. The first-order valence-corrected chi connectivity index (χ1v) is 7.05. The number of rotatable bonds is 5. The summed E-state index contributed by atoms with van der Waals surface area (Å²) >= 11 is 3.24. The predicted octanol–water partition coefficient (Wildman–Crippen LogP) is 3.72. The maximum absolute atomic E-state index is 12.6. The summed E-state index contributed by atoms with van der Waals surface area (Å²) in [5.41, 5.74) is 0. The smallest absolute Gasteiger partial charge is 0.344 e. The first-order valence-electron chi connectivity index (χ1n) is 6.26. The molecule has 0 aromatic carbocycles. The lowest BCUT2D eigenvalue weighted by molar-refractivity contribution is -0.120. The molecule has 0 spiro atoms. The van der Waals surface area contributed by atoms with Gasteiger partial charge in [-0.2, -0.15) is 13.2 Å². The van der Waals surface area contributed by atoms with Gasteiger partial charge >= 0.3 is 6.18 Å². The van der Waals surface area contributed by atoms with Gasteiger partial charge in [-0.1, -0.05) is 6.92 Å². The van der Waals surface area contributed by atoms with Crippen LogP contribution in [0.1, 0.15) is 32.0 Å². The molecule has 0 N–H and O–H groups in total. The van der Waals surface area contributed by atoms with Crippen LogP contribution in [0.25, 0.3) is 0 Å². The van der Waals surface area contributed by atoms with Crippen LogP contribution in [0.3, 0.4) is 0 Å². The van der Waals surface area contributed by atoms with Crippen molar-refractivity contribution in [3.8, 4) is 0 Å². The quantitative estimate of drug-likeness (QED) is 0.766. The molecule has 1 saturated carbocycles. The lowest BCUT2D eigenvalue weighted by Crippen LogP contribution is -2.36. The SMILES string of the molecule is CCCc1nc(Br)cc(N(CC(F)(F)F)C2CC2)n1. The first-order chi connectivity index (χ1) is 8.89. The highest BCUT2D eigenvalue weighted by Crippen LogP contribution is 2.34. The second kappa shape index (κ2) is 5.64. The molecule has 0 aliphatic heterocycles. The number of aromatic nitrogens is 2. The van der Waals surface area contributed by atoms with Gasteiger partial charge in [-0.3, -0.25) is 0 Å². The molecule has 1 aliphatic carbocycles. The molecule has 1 heterocycles. The van der Waals surface area contributed by atoms with Crippen LogP contribution in [0, 0.1) is 0 Å². The lowest BCUT2D eigenvalue weighted by Gasteiger charge is -2.25. The van der Waals surface area contributed by atoms with Gasteiger partial charge in [0.2, 0.25) is 0 Å². The molecule has 0 unspecified atom stereocenters. The summed E-state index contributed by atoms with van der Waals surface area (Å²) < 4.78 is 38.4. The third kappa shape index (κ3) is 4.33. The minimum absolute atomic E-state index is 0.0436. The van der Waals surface area contributed by atoms with Gasteiger partial charge in [-0.15, -0.1) is 0 Å². The van der Waals surface area contributed by atoms with E-state index in [1.807, 2.05) is 6.92 Å². The molecule has 106 valence electrons. The van der Waals surface area contributed by atoms with Crippen molar-refractivity contribution >= 4 is 21.7 Å². The fraction of sp³-hybridized carbons (Fsp3) is 0.667. The summed E-state index contributed by atoms with van der Waals surface area (Å²) in [4.78, 5) is 9.77. The van der Waals surface area contributed by atoms with E-state index in [1.165, 1.54) is 4.90 Å². The summed E-state index contributed by atoms with van der Waals surface area (Å²) in [7, 11) is 0. The van der Waals surface area contributed by atoms with Gasteiger partial charge in [0.15, 0.2) is 0 Å². The highest BCUT2D eigenvalue weighted by atomic mass is 79.9. The zero-order valence-corrected chi connectivity index (χ0v) is 12.1. The maximum Gasteiger partial charge on any atom is 0.405 e. The molecule has 7 heteroatoms. The van der Waals surface area contributed by atoms with Gasteiger partial charge in [0.1, 0.15) is 22.8 Å². The Morgan fingerprint density at radius 2 is 2.05 bits per heavy atom. The Morgan fingerprint density at radius 3 is 2.58 bits per heavy atom. The number of alkyl halides is 3.